The molecule has 0 saturated carbocycles. The van der Waals surface area contributed by atoms with Gasteiger partial charge in [-0.3, -0.25) is 0 Å². The molecule has 1 saturated heterocycles. The topological polar surface area (TPSA) is 17.1 Å². The van der Waals surface area contributed by atoms with E-state index in [-0.39, 0.29) is 0 Å². The van der Waals surface area contributed by atoms with Gasteiger partial charge in [-0.15, -0.1) is 0 Å². The van der Waals surface area contributed by atoms with Gasteiger partial charge in [-0.2, -0.15) is 11.8 Å². The maximum absolute atomic E-state index is 10.6. The zero-order valence-electron chi connectivity index (χ0n) is 7.30. The Morgan fingerprint density at radius 1 is 1.73 bits per heavy atom. The molecule has 0 spiro atoms. The second-order valence-electron chi connectivity index (χ2n) is 3.54. The summed E-state index contributed by atoms with van der Waals surface area (Å²) in [6, 6.07) is 0. The van der Waals surface area contributed by atoms with E-state index in [4.69, 9.17) is 0 Å². The molecule has 0 aromatic rings. The van der Waals surface area contributed by atoms with Crippen molar-refractivity contribution in [3.63, 3.8) is 0 Å². The Hall–Kier alpha value is 0.0200. The van der Waals surface area contributed by atoms with Gasteiger partial charge in [0, 0.05) is 10.7 Å². The van der Waals surface area contributed by atoms with Crippen LogP contribution in [0.15, 0.2) is 0 Å². The van der Waals surface area contributed by atoms with Crippen LogP contribution < -0.4 is 0 Å². The molecule has 64 valence electrons. The van der Waals surface area contributed by atoms with Crippen LogP contribution in [0.1, 0.15) is 33.1 Å². The van der Waals surface area contributed by atoms with Crippen LogP contribution in [-0.4, -0.2) is 16.8 Å². The standard InChI is InChI=1S/C9H16OS/c1-3-9(2)6-8(7-10)4-5-11-9/h7-8H,3-6H2,1-2H3. The second kappa shape index (κ2) is 3.61. The van der Waals surface area contributed by atoms with Crippen LogP contribution in [-0.2, 0) is 4.79 Å². The molecule has 1 aliphatic heterocycles. The van der Waals surface area contributed by atoms with Gasteiger partial charge in [0.2, 0.25) is 0 Å². The molecule has 0 radical (unpaired) electrons. The minimum Gasteiger partial charge on any atom is -0.303 e. The lowest BCUT2D eigenvalue weighted by molar-refractivity contribution is -0.111. The van der Waals surface area contributed by atoms with E-state index in [0.29, 0.717) is 10.7 Å². The average Bonchev–Trinajstić information content (AvgIpc) is 2.05. The summed E-state index contributed by atoms with van der Waals surface area (Å²) in [5.74, 6) is 1.49. The molecule has 1 fully saturated rings. The Bertz CT molecular complexity index is 146. The molecule has 0 amide bonds. The zero-order chi connectivity index (χ0) is 8.32. The fourth-order valence-corrected chi connectivity index (χ4v) is 2.98. The normalized spacial score (nSPS) is 38.5. The van der Waals surface area contributed by atoms with Gasteiger partial charge in [0.05, 0.1) is 0 Å². The second-order valence-corrected chi connectivity index (χ2v) is 5.22. The molecule has 1 rings (SSSR count). The summed E-state index contributed by atoms with van der Waals surface area (Å²) in [5.41, 5.74) is 0. The molecule has 2 atom stereocenters. The molecule has 0 aromatic carbocycles. The van der Waals surface area contributed by atoms with Crippen LogP contribution in [0.4, 0.5) is 0 Å². The Balaban J connectivity index is 2.51. The zero-order valence-corrected chi connectivity index (χ0v) is 8.12. The lowest BCUT2D eigenvalue weighted by Gasteiger charge is -2.34. The molecular formula is C9H16OS. The van der Waals surface area contributed by atoms with Crippen molar-refractivity contribution in [1.29, 1.82) is 0 Å². The highest BCUT2D eigenvalue weighted by Crippen LogP contribution is 2.40. The third kappa shape index (κ3) is 2.22. The van der Waals surface area contributed by atoms with Gasteiger partial charge in [0.25, 0.3) is 0 Å². The first kappa shape index (κ1) is 9.11. The van der Waals surface area contributed by atoms with E-state index in [2.05, 4.69) is 13.8 Å². The predicted molar refractivity (Wildman–Crippen MR) is 49.9 cm³/mol. The predicted octanol–water partition coefficient (Wildman–Crippen LogP) is 2.50. The lowest BCUT2D eigenvalue weighted by atomic mass is 9.92. The van der Waals surface area contributed by atoms with Crippen molar-refractivity contribution in [2.24, 2.45) is 5.92 Å². The van der Waals surface area contributed by atoms with E-state index in [0.717, 1.165) is 24.9 Å². The summed E-state index contributed by atoms with van der Waals surface area (Å²) >= 11 is 2.03. The monoisotopic (exact) mass is 172 g/mol. The van der Waals surface area contributed by atoms with Gasteiger partial charge in [-0.1, -0.05) is 13.8 Å². The van der Waals surface area contributed by atoms with Crippen molar-refractivity contribution in [3.8, 4) is 0 Å². The maximum atomic E-state index is 10.6. The number of carbonyl (C=O) groups excluding carboxylic acids is 1. The van der Waals surface area contributed by atoms with Gasteiger partial charge >= 0.3 is 0 Å². The largest absolute Gasteiger partial charge is 0.303 e. The summed E-state index contributed by atoms with van der Waals surface area (Å²) < 4.78 is 0.379. The van der Waals surface area contributed by atoms with Crippen molar-refractivity contribution in [2.75, 3.05) is 5.75 Å². The van der Waals surface area contributed by atoms with E-state index in [9.17, 15) is 4.79 Å². The molecule has 11 heavy (non-hydrogen) atoms. The molecule has 2 heteroatoms. The third-order valence-corrected chi connectivity index (χ3v) is 4.17. The highest BCUT2D eigenvalue weighted by Gasteiger charge is 2.30. The average molecular weight is 172 g/mol. The fraction of sp³-hybridized carbons (Fsp3) is 0.889. The number of aldehydes is 1. The molecule has 2 unspecified atom stereocenters. The molecule has 0 bridgehead atoms. The summed E-state index contributed by atoms with van der Waals surface area (Å²) in [7, 11) is 0. The Morgan fingerprint density at radius 2 is 2.45 bits per heavy atom. The Kier molecular flexibility index (Phi) is 2.99. The third-order valence-electron chi connectivity index (χ3n) is 2.57. The maximum Gasteiger partial charge on any atom is 0.123 e. The van der Waals surface area contributed by atoms with Crippen molar-refractivity contribution in [3.05, 3.63) is 0 Å². The first-order chi connectivity index (χ1) is 5.20. The smallest absolute Gasteiger partial charge is 0.123 e. The molecular weight excluding hydrogens is 156 g/mol. The van der Waals surface area contributed by atoms with Crippen molar-refractivity contribution >= 4 is 18.0 Å². The van der Waals surface area contributed by atoms with E-state index in [1.807, 2.05) is 11.8 Å². The van der Waals surface area contributed by atoms with Crippen molar-refractivity contribution in [2.45, 2.75) is 37.9 Å². The lowest BCUT2D eigenvalue weighted by Crippen LogP contribution is -2.29. The summed E-state index contributed by atoms with van der Waals surface area (Å²) in [6.45, 7) is 4.48. The van der Waals surface area contributed by atoms with Crippen LogP contribution in [0.3, 0.4) is 0 Å². The SMILES string of the molecule is CCC1(C)CC(C=O)CCS1. The Morgan fingerprint density at radius 3 is 3.00 bits per heavy atom. The van der Waals surface area contributed by atoms with Gasteiger partial charge < -0.3 is 4.79 Å². The summed E-state index contributed by atoms with van der Waals surface area (Å²) in [6.07, 6.45) is 4.48. The summed E-state index contributed by atoms with van der Waals surface area (Å²) in [4.78, 5) is 10.6. The van der Waals surface area contributed by atoms with E-state index in [1.54, 1.807) is 0 Å². The van der Waals surface area contributed by atoms with E-state index >= 15 is 0 Å². The van der Waals surface area contributed by atoms with Crippen LogP contribution >= 0.6 is 11.8 Å². The Labute approximate surface area is 72.9 Å². The molecule has 1 nitrogen and oxygen atoms in total. The van der Waals surface area contributed by atoms with Crippen LogP contribution in [0, 0.1) is 5.92 Å². The van der Waals surface area contributed by atoms with Crippen LogP contribution in [0.25, 0.3) is 0 Å². The minimum absolute atomic E-state index is 0.334. The number of hydrogen-bond donors (Lipinski definition) is 0. The van der Waals surface area contributed by atoms with E-state index < -0.39 is 0 Å². The quantitative estimate of drug-likeness (QED) is 0.595. The fourth-order valence-electron chi connectivity index (χ4n) is 1.53. The molecule has 0 N–H and O–H groups in total. The van der Waals surface area contributed by atoms with Crippen molar-refractivity contribution in [1.82, 2.24) is 0 Å². The number of carbonyl (C=O) groups is 1. The highest BCUT2D eigenvalue weighted by molar-refractivity contribution is 8.00. The van der Waals surface area contributed by atoms with Crippen LogP contribution in [0.5, 0.6) is 0 Å². The van der Waals surface area contributed by atoms with Crippen LogP contribution in [0.2, 0.25) is 0 Å². The number of rotatable bonds is 2. The first-order valence-electron chi connectivity index (χ1n) is 4.29. The highest BCUT2D eigenvalue weighted by atomic mass is 32.2. The van der Waals surface area contributed by atoms with Gasteiger partial charge in [-0.25, -0.2) is 0 Å². The van der Waals surface area contributed by atoms with Gasteiger partial charge in [0.1, 0.15) is 6.29 Å². The van der Waals surface area contributed by atoms with Gasteiger partial charge in [0.15, 0.2) is 0 Å². The number of hydrogen-bond acceptors (Lipinski definition) is 2. The minimum atomic E-state index is 0.334. The van der Waals surface area contributed by atoms with Crippen molar-refractivity contribution < 1.29 is 4.79 Å². The molecule has 1 aliphatic rings. The van der Waals surface area contributed by atoms with E-state index in [1.165, 1.54) is 6.42 Å². The first-order valence-corrected chi connectivity index (χ1v) is 5.28. The van der Waals surface area contributed by atoms with Gasteiger partial charge in [-0.05, 0) is 25.0 Å². The molecule has 1 heterocycles. The molecule has 0 aliphatic carbocycles. The number of thioether (sulfide) groups is 1. The summed E-state index contributed by atoms with van der Waals surface area (Å²) in [5, 5.41) is 0. The molecule has 0 aromatic heterocycles.